The second kappa shape index (κ2) is 3.03. The fourth-order valence-electron chi connectivity index (χ4n) is 1.19. The van der Waals surface area contributed by atoms with Crippen LogP contribution >= 0.6 is 0 Å². The summed E-state index contributed by atoms with van der Waals surface area (Å²) in [5, 5.41) is 0. The van der Waals surface area contributed by atoms with Gasteiger partial charge in [-0.25, -0.2) is 0 Å². The van der Waals surface area contributed by atoms with Gasteiger partial charge < -0.3 is 4.74 Å². The van der Waals surface area contributed by atoms with E-state index in [2.05, 4.69) is 11.7 Å². The van der Waals surface area contributed by atoms with Crippen molar-refractivity contribution in [3.63, 3.8) is 0 Å². The zero-order chi connectivity index (χ0) is 8.43. The maximum atomic E-state index is 10.8. The number of carbonyl (C=O) groups is 2. The number of rotatable bonds is 2. The highest BCUT2D eigenvalue weighted by atomic mass is 16.6. The first-order chi connectivity index (χ1) is 5.09. The first-order valence-corrected chi connectivity index (χ1v) is 3.67. The Bertz CT molecular complexity index is 184. The Morgan fingerprint density at radius 3 is 2.73 bits per heavy atom. The highest BCUT2D eigenvalue weighted by Crippen LogP contribution is 2.22. The van der Waals surface area contributed by atoms with E-state index in [0.717, 1.165) is 0 Å². The minimum atomic E-state index is -0.402. The van der Waals surface area contributed by atoms with Crippen molar-refractivity contribution in [2.45, 2.75) is 19.8 Å². The Hall–Kier alpha value is -0.860. The number of cyclic esters (lactones) is 2. The monoisotopic (exact) mass is 155 g/mol. The van der Waals surface area contributed by atoms with Gasteiger partial charge in [0.05, 0.1) is 12.3 Å². The third-order valence-electron chi connectivity index (χ3n) is 1.65. The first kappa shape index (κ1) is 8.24. The summed E-state index contributed by atoms with van der Waals surface area (Å²) < 4.78 is 4.37. The van der Waals surface area contributed by atoms with E-state index in [1.807, 2.05) is 6.92 Å². The summed E-state index contributed by atoms with van der Waals surface area (Å²) in [5.41, 5.74) is 0. The van der Waals surface area contributed by atoms with Crippen LogP contribution in [0.15, 0.2) is 0 Å². The van der Waals surface area contributed by atoms with Gasteiger partial charge >= 0.3 is 11.9 Å². The lowest BCUT2D eigenvalue weighted by atomic mass is 9.96. The molecule has 2 atom stereocenters. The molecule has 1 heterocycles. The Kier molecular flexibility index (Phi) is 2.27. The SMILES string of the molecule is [CH2]C(C)C[C@H]1CC(=O)OC1=O. The highest BCUT2D eigenvalue weighted by Gasteiger charge is 2.33. The van der Waals surface area contributed by atoms with E-state index in [0.29, 0.717) is 6.42 Å². The molecule has 1 aliphatic rings. The topological polar surface area (TPSA) is 43.4 Å². The predicted molar refractivity (Wildman–Crippen MR) is 38.3 cm³/mol. The lowest BCUT2D eigenvalue weighted by Gasteiger charge is -2.05. The van der Waals surface area contributed by atoms with Crippen molar-refractivity contribution < 1.29 is 14.3 Å². The Morgan fingerprint density at radius 2 is 2.36 bits per heavy atom. The van der Waals surface area contributed by atoms with Gasteiger partial charge in [0.2, 0.25) is 0 Å². The Labute approximate surface area is 65.7 Å². The standard InChI is InChI=1S/C8H11O3/c1-5(2)3-6-4-7(9)11-8(6)10/h5-6H,1,3-4H2,2H3/t5?,6-/m0/s1. The molecule has 1 aliphatic heterocycles. The molecule has 1 rings (SSSR count). The van der Waals surface area contributed by atoms with E-state index < -0.39 is 5.97 Å². The number of carbonyl (C=O) groups excluding carboxylic acids is 2. The van der Waals surface area contributed by atoms with Crippen molar-refractivity contribution in [3.8, 4) is 0 Å². The molecule has 0 aromatic heterocycles. The Balaban J connectivity index is 2.47. The second-order valence-corrected chi connectivity index (χ2v) is 3.04. The van der Waals surface area contributed by atoms with Crippen LogP contribution in [0.2, 0.25) is 0 Å². The lowest BCUT2D eigenvalue weighted by Crippen LogP contribution is -2.10. The van der Waals surface area contributed by atoms with Crippen LogP contribution in [0.4, 0.5) is 0 Å². The van der Waals surface area contributed by atoms with Crippen LogP contribution in [0.5, 0.6) is 0 Å². The molecule has 0 aromatic carbocycles. The molecule has 0 aliphatic carbocycles. The molecule has 0 saturated carbocycles. The lowest BCUT2D eigenvalue weighted by molar-refractivity contribution is -0.153. The van der Waals surface area contributed by atoms with Gasteiger partial charge in [-0.2, -0.15) is 0 Å². The van der Waals surface area contributed by atoms with Gasteiger partial charge in [-0.05, 0) is 12.3 Å². The molecule has 3 nitrogen and oxygen atoms in total. The number of esters is 2. The minimum absolute atomic E-state index is 0.193. The molecule has 0 N–H and O–H groups in total. The highest BCUT2D eigenvalue weighted by molar-refractivity contribution is 5.94. The van der Waals surface area contributed by atoms with Gasteiger partial charge in [0.1, 0.15) is 0 Å². The molecule has 1 radical (unpaired) electrons. The molecule has 0 amide bonds. The van der Waals surface area contributed by atoms with Crippen molar-refractivity contribution >= 4 is 11.9 Å². The normalized spacial score (nSPS) is 24.5. The van der Waals surface area contributed by atoms with E-state index in [9.17, 15) is 9.59 Å². The molecule has 1 saturated heterocycles. The van der Waals surface area contributed by atoms with E-state index in [1.54, 1.807) is 0 Å². The van der Waals surface area contributed by atoms with E-state index in [1.165, 1.54) is 0 Å². The van der Waals surface area contributed by atoms with Gasteiger partial charge in [-0.15, -0.1) is 0 Å². The average Bonchev–Trinajstić information content (AvgIpc) is 2.09. The van der Waals surface area contributed by atoms with Gasteiger partial charge in [-0.1, -0.05) is 13.8 Å². The maximum Gasteiger partial charge on any atom is 0.317 e. The van der Waals surface area contributed by atoms with Crippen molar-refractivity contribution in [1.82, 2.24) is 0 Å². The maximum absolute atomic E-state index is 10.8. The predicted octanol–water partition coefficient (Wildman–Crippen LogP) is 0.936. The molecule has 0 bridgehead atoms. The van der Waals surface area contributed by atoms with Crippen LogP contribution in [0.1, 0.15) is 19.8 Å². The van der Waals surface area contributed by atoms with Gasteiger partial charge in [-0.3, -0.25) is 9.59 Å². The van der Waals surface area contributed by atoms with Crippen molar-refractivity contribution in [3.05, 3.63) is 6.92 Å². The molecular weight excluding hydrogens is 144 g/mol. The van der Waals surface area contributed by atoms with Crippen molar-refractivity contribution in [1.29, 1.82) is 0 Å². The van der Waals surface area contributed by atoms with E-state index in [-0.39, 0.29) is 24.2 Å². The fourth-order valence-corrected chi connectivity index (χ4v) is 1.19. The molecule has 1 unspecified atom stereocenters. The number of hydrogen-bond donors (Lipinski definition) is 0. The molecule has 11 heavy (non-hydrogen) atoms. The van der Waals surface area contributed by atoms with Crippen LogP contribution in [0, 0.1) is 18.8 Å². The van der Waals surface area contributed by atoms with Crippen LogP contribution in [0.25, 0.3) is 0 Å². The fraction of sp³-hybridized carbons (Fsp3) is 0.625. The van der Waals surface area contributed by atoms with Crippen molar-refractivity contribution in [2.24, 2.45) is 11.8 Å². The zero-order valence-electron chi connectivity index (χ0n) is 6.50. The first-order valence-electron chi connectivity index (χ1n) is 3.67. The number of ether oxygens (including phenoxy) is 1. The Morgan fingerprint density at radius 1 is 1.73 bits per heavy atom. The minimum Gasteiger partial charge on any atom is -0.393 e. The summed E-state index contributed by atoms with van der Waals surface area (Å²) in [4.78, 5) is 21.4. The zero-order valence-corrected chi connectivity index (χ0v) is 6.50. The summed E-state index contributed by atoms with van der Waals surface area (Å²) in [6.45, 7) is 5.66. The third kappa shape index (κ3) is 2.03. The van der Waals surface area contributed by atoms with Crippen LogP contribution < -0.4 is 0 Å². The average molecular weight is 155 g/mol. The van der Waals surface area contributed by atoms with Crippen LogP contribution in [-0.4, -0.2) is 11.9 Å². The molecule has 61 valence electrons. The van der Waals surface area contributed by atoms with Crippen LogP contribution in [0.3, 0.4) is 0 Å². The summed E-state index contributed by atoms with van der Waals surface area (Å²) in [7, 11) is 0. The quantitative estimate of drug-likeness (QED) is 0.440. The van der Waals surface area contributed by atoms with Gasteiger partial charge in [0.25, 0.3) is 0 Å². The second-order valence-electron chi connectivity index (χ2n) is 3.04. The number of hydrogen-bond acceptors (Lipinski definition) is 3. The molecule has 3 heteroatoms. The smallest absolute Gasteiger partial charge is 0.317 e. The summed E-state index contributed by atoms with van der Waals surface area (Å²) in [6.07, 6.45) is 0.878. The van der Waals surface area contributed by atoms with E-state index in [4.69, 9.17) is 0 Å². The summed E-state index contributed by atoms with van der Waals surface area (Å²) in [6, 6.07) is 0. The van der Waals surface area contributed by atoms with E-state index >= 15 is 0 Å². The molecular formula is C8H11O3. The largest absolute Gasteiger partial charge is 0.393 e. The summed E-state index contributed by atoms with van der Waals surface area (Å²) >= 11 is 0. The van der Waals surface area contributed by atoms with Gasteiger partial charge in [0, 0.05) is 0 Å². The molecule has 0 spiro atoms. The summed E-state index contributed by atoms with van der Waals surface area (Å²) in [5.74, 6) is -0.834. The third-order valence-corrected chi connectivity index (χ3v) is 1.65. The van der Waals surface area contributed by atoms with Crippen molar-refractivity contribution in [2.75, 3.05) is 0 Å². The van der Waals surface area contributed by atoms with Gasteiger partial charge in [0.15, 0.2) is 0 Å². The van der Waals surface area contributed by atoms with Crippen LogP contribution in [-0.2, 0) is 14.3 Å². The molecule has 1 fully saturated rings. The molecule has 0 aromatic rings.